The molecule has 2 aromatic carbocycles. The van der Waals surface area contributed by atoms with Crippen LogP contribution in [-0.2, 0) is 14.2 Å². The van der Waals surface area contributed by atoms with Gasteiger partial charge in [0.05, 0.1) is 6.54 Å². The monoisotopic (exact) mass is 752 g/mol. The van der Waals surface area contributed by atoms with Gasteiger partial charge < -0.3 is 43.3 Å². The van der Waals surface area contributed by atoms with E-state index in [0.29, 0.717) is 102 Å². The van der Waals surface area contributed by atoms with Crippen molar-refractivity contribution in [2.45, 2.75) is 103 Å². The number of rotatable bonds is 7. The van der Waals surface area contributed by atoms with Crippen molar-refractivity contribution in [3.05, 3.63) is 53.3 Å². The number of piperazine rings is 1. The second kappa shape index (κ2) is 16.6. The molecule has 0 saturated carbocycles. The number of amides is 3. The number of ether oxygens (including phenoxy) is 5. The third-order valence-electron chi connectivity index (χ3n) is 10.2. The molecular formula is C41H57FN4O8. The van der Waals surface area contributed by atoms with Crippen LogP contribution in [0.1, 0.15) is 95.5 Å². The molecule has 0 N–H and O–H groups in total. The minimum absolute atomic E-state index is 0.0381. The summed E-state index contributed by atoms with van der Waals surface area (Å²) in [4.78, 5) is 46.3. The number of hydrogen-bond donors (Lipinski definition) is 0. The second-order valence-electron chi connectivity index (χ2n) is 16.8. The van der Waals surface area contributed by atoms with Gasteiger partial charge in [0.25, 0.3) is 5.91 Å². The molecule has 3 amide bonds. The maximum absolute atomic E-state index is 14.8. The number of carbonyl (C=O) groups is 3. The van der Waals surface area contributed by atoms with E-state index in [1.807, 2.05) is 70.7 Å². The maximum atomic E-state index is 14.8. The summed E-state index contributed by atoms with van der Waals surface area (Å²) in [6, 6.07) is 10.5. The smallest absolute Gasteiger partial charge is 0.410 e. The Morgan fingerprint density at radius 1 is 0.685 bits per heavy atom. The molecule has 54 heavy (non-hydrogen) atoms. The summed E-state index contributed by atoms with van der Waals surface area (Å²) in [5.41, 5.74) is 1.21. The molecule has 4 aliphatic rings. The predicted molar refractivity (Wildman–Crippen MR) is 202 cm³/mol. The molecule has 4 fully saturated rings. The van der Waals surface area contributed by atoms with Crippen LogP contribution in [0.4, 0.5) is 19.7 Å². The first-order chi connectivity index (χ1) is 25.6. The van der Waals surface area contributed by atoms with Gasteiger partial charge in [0, 0.05) is 102 Å². The molecule has 12 nitrogen and oxygen atoms in total. The van der Waals surface area contributed by atoms with E-state index in [1.54, 1.807) is 9.80 Å². The Hall–Kier alpha value is -4.26. The summed E-state index contributed by atoms with van der Waals surface area (Å²) in [7, 11) is 0. The second-order valence-corrected chi connectivity index (χ2v) is 16.8. The summed E-state index contributed by atoms with van der Waals surface area (Å²) in [5.74, 6) is 0.988. The first-order valence-electron chi connectivity index (χ1n) is 19.5. The van der Waals surface area contributed by atoms with Crippen LogP contribution in [0.15, 0.2) is 36.4 Å². The van der Waals surface area contributed by atoms with E-state index in [0.717, 1.165) is 24.2 Å². The van der Waals surface area contributed by atoms with E-state index in [2.05, 4.69) is 4.90 Å². The van der Waals surface area contributed by atoms with Crippen LogP contribution in [0.3, 0.4) is 0 Å². The van der Waals surface area contributed by atoms with Gasteiger partial charge in [-0.1, -0.05) is 0 Å². The lowest BCUT2D eigenvalue weighted by Crippen LogP contribution is -2.50. The maximum Gasteiger partial charge on any atom is 0.410 e. The highest BCUT2D eigenvalue weighted by molar-refractivity contribution is 5.94. The van der Waals surface area contributed by atoms with E-state index < -0.39 is 11.2 Å². The SMILES string of the molecule is CC(C)(C)OC(=O)N1CCN(c2cc(F)cc(OC3CCN(C(=O)c4ccc(O[C@H]5CCN(C(=O)OC(C)(C)C)C5)c(C5CCOCC5)c4)CC3)c2)CC1. The van der Waals surface area contributed by atoms with Crippen molar-refractivity contribution in [1.82, 2.24) is 14.7 Å². The number of anilines is 1. The zero-order valence-corrected chi connectivity index (χ0v) is 32.7. The number of hydrogen-bond acceptors (Lipinski definition) is 9. The average molecular weight is 753 g/mol. The van der Waals surface area contributed by atoms with Crippen molar-refractivity contribution >= 4 is 23.8 Å². The Balaban J connectivity index is 1.04. The van der Waals surface area contributed by atoms with Crippen LogP contribution in [0.2, 0.25) is 0 Å². The van der Waals surface area contributed by atoms with Gasteiger partial charge in [-0.15, -0.1) is 0 Å². The van der Waals surface area contributed by atoms with Crippen LogP contribution < -0.4 is 14.4 Å². The topological polar surface area (TPSA) is 110 Å². The average Bonchev–Trinajstić information content (AvgIpc) is 3.59. The fraction of sp³-hybridized carbons (Fsp3) is 0.634. The van der Waals surface area contributed by atoms with Crippen LogP contribution in [-0.4, -0.2) is 122 Å². The Bertz CT molecular complexity index is 1640. The zero-order valence-electron chi connectivity index (χ0n) is 32.7. The van der Waals surface area contributed by atoms with Gasteiger partial charge in [0.15, 0.2) is 0 Å². The highest BCUT2D eigenvalue weighted by atomic mass is 19.1. The zero-order chi connectivity index (χ0) is 38.6. The first-order valence-corrected chi connectivity index (χ1v) is 19.5. The van der Waals surface area contributed by atoms with E-state index in [9.17, 15) is 18.8 Å². The standard InChI is InChI=1S/C41H57FN4O8/c1-40(2,3)53-38(48)45-19-17-43(18-20-45)31-24-30(42)25-34(26-31)51-32-9-14-44(15-10-32)37(47)29-7-8-36(35(23-29)28-12-21-50-22-13-28)52-33-11-16-46(27-33)39(49)54-41(4,5)6/h7-8,23-26,28,32-33H,9-22,27H2,1-6H3/t33-/m0/s1. The lowest BCUT2D eigenvalue weighted by atomic mass is 9.89. The van der Waals surface area contributed by atoms with Crippen molar-refractivity contribution in [2.75, 3.05) is 70.5 Å². The van der Waals surface area contributed by atoms with Crippen LogP contribution in [0.5, 0.6) is 11.5 Å². The highest BCUT2D eigenvalue weighted by Crippen LogP contribution is 2.36. The molecule has 13 heteroatoms. The summed E-state index contributed by atoms with van der Waals surface area (Å²) < 4.78 is 44.3. The Kier molecular flexibility index (Phi) is 12.1. The predicted octanol–water partition coefficient (Wildman–Crippen LogP) is 6.85. The van der Waals surface area contributed by atoms with Gasteiger partial charge in [-0.25, -0.2) is 14.0 Å². The van der Waals surface area contributed by atoms with E-state index in [-0.39, 0.29) is 42.0 Å². The van der Waals surface area contributed by atoms with Crippen LogP contribution in [0.25, 0.3) is 0 Å². The summed E-state index contributed by atoms with van der Waals surface area (Å²) in [6.07, 6.45) is 2.63. The number of nitrogens with zero attached hydrogens (tertiary/aromatic N) is 4. The minimum Gasteiger partial charge on any atom is -0.490 e. The fourth-order valence-electron chi connectivity index (χ4n) is 7.44. The molecule has 4 heterocycles. The van der Waals surface area contributed by atoms with Gasteiger partial charge in [0.2, 0.25) is 0 Å². The molecule has 4 saturated heterocycles. The third-order valence-corrected chi connectivity index (χ3v) is 10.2. The molecule has 2 aromatic rings. The lowest BCUT2D eigenvalue weighted by Gasteiger charge is -2.37. The molecule has 0 bridgehead atoms. The fourth-order valence-corrected chi connectivity index (χ4v) is 7.44. The Labute approximate surface area is 318 Å². The Morgan fingerprint density at radius 2 is 1.30 bits per heavy atom. The van der Waals surface area contributed by atoms with Gasteiger partial charge in [-0.2, -0.15) is 0 Å². The number of benzene rings is 2. The molecule has 0 aliphatic carbocycles. The summed E-state index contributed by atoms with van der Waals surface area (Å²) >= 11 is 0. The molecule has 296 valence electrons. The number of halogens is 1. The molecule has 0 unspecified atom stereocenters. The minimum atomic E-state index is -0.563. The van der Waals surface area contributed by atoms with Crippen molar-refractivity contribution in [1.29, 1.82) is 0 Å². The van der Waals surface area contributed by atoms with Gasteiger partial charge in [-0.05, 0) is 90.1 Å². The summed E-state index contributed by atoms with van der Waals surface area (Å²) in [5, 5.41) is 0. The van der Waals surface area contributed by atoms with Gasteiger partial charge in [0.1, 0.15) is 40.7 Å². The lowest BCUT2D eigenvalue weighted by molar-refractivity contribution is 0.0237. The van der Waals surface area contributed by atoms with Crippen LogP contribution >= 0.6 is 0 Å². The molecular weight excluding hydrogens is 695 g/mol. The van der Waals surface area contributed by atoms with Crippen LogP contribution in [0, 0.1) is 5.82 Å². The quantitative estimate of drug-likeness (QED) is 0.300. The molecule has 0 aromatic heterocycles. The van der Waals surface area contributed by atoms with Gasteiger partial charge in [-0.3, -0.25) is 4.79 Å². The first kappa shape index (κ1) is 39.4. The molecule has 6 rings (SSSR count). The molecule has 4 aliphatic heterocycles. The van der Waals surface area contributed by atoms with E-state index in [1.165, 1.54) is 12.1 Å². The van der Waals surface area contributed by atoms with Gasteiger partial charge >= 0.3 is 12.2 Å². The number of carbonyl (C=O) groups excluding carboxylic acids is 3. The number of piperidine rings is 1. The molecule has 0 spiro atoms. The van der Waals surface area contributed by atoms with Crippen molar-refractivity contribution in [3.8, 4) is 11.5 Å². The number of likely N-dealkylation sites (tertiary alicyclic amines) is 2. The summed E-state index contributed by atoms with van der Waals surface area (Å²) in [6.45, 7) is 16.6. The molecule has 1 atom stereocenters. The molecule has 0 radical (unpaired) electrons. The third kappa shape index (κ3) is 10.5. The van der Waals surface area contributed by atoms with E-state index >= 15 is 0 Å². The highest BCUT2D eigenvalue weighted by Gasteiger charge is 2.33. The normalized spacial score (nSPS) is 20.5. The van der Waals surface area contributed by atoms with Crippen molar-refractivity contribution in [3.63, 3.8) is 0 Å². The van der Waals surface area contributed by atoms with Crippen molar-refractivity contribution in [2.24, 2.45) is 0 Å². The largest absolute Gasteiger partial charge is 0.490 e. The van der Waals surface area contributed by atoms with Crippen molar-refractivity contribution < 1.29 is 42.5 Å². The van der Waals surface area contributed by atoms with E-state index in [4.69, 9.17) is 23.7 Å². The Morgan fingerprint density at radius 3 is 1.94 bits per heavy atom.